The van der Waals surface area contributed by atoms with E-state index in [0.29, 0.717) is 12.8 Å². The van der Waals surface area contributed by atoms with Crippen molar-refractivity contribution in [3.63, 3.8) is 0 Å². The van der Waals surface area contributed by atoms with Crippen molar-refractivity contribution < 1.29 is 9.59 Å². The number of anilines is 1. The van der Waals surface area contributed by atoms with Gasteiger partial charge in [0, 0.05) is 25.6 Å². The van der Waals surface area contributed by atoms with Crippen LogP contribution in [0.4, 0.5) is 5.69 Å². The zero-order valence-corrected chi connectivity index (χ0v) is 12.8. The smallest absolute Gasteiger partial charge is 0.226 e. The molecule has 0 aliphatic heterocycles. The van der Waals surface area contributed by atoms with Gasteiger partial charge < -0.3 is 9.69 Å². The van der Waals surface area contributed by atoms with E-state index in [0.717, 1.165) is 36.9 Å². The van der Waals surface area contributed by atoms with Crippen LogP contribution in [-0.2, 0) is 9.59 Å². The molecule has 0 aliphatic rings. The SMILES string of the molecule is CC(=O)CCCCCCC(=O)N(C)c1ccccc1C. The Bertz CT molecular complexity index is 454. The van der Waals surface area contributed by atoms with Gasteiger partial charge in [-0.05, 0) is 38.3 Å². The highest BCUT2D eigenvalue weighted by atomic mass is 16.2. The highest BCUT2D eigenvalue weighted by molar-refractivity contribution is 5.93. The molecule has 0 atom stereocenters. The van der Waals surface area contributed by atoms with Crippen molar-refractivity contribution in [1.29, 1.82) is 0 Å². The zero-order chi connectivity index (χ0) is 15.0. The molecule has 0 aliphatic carbocycles. The molecular formula is C17H25NO2. The molecule has 0 aromatic heterocycles. The van der Waals surface area contributed by atoms with Crippen molar-refractivity contribution in [2.75, 3.05) is 11.9 Å². The standard InChI is InChI=1S/C17H25NO2/c1-14-10-8-9-12-16(14)18(3)17(20)13-7-5-4-6-11-15(2)19/h8-10,12H,4-7,11,13H2,1-3H3. The lowest BCUT2D eigenvalue weighted by atomic mass is 10.1. The van der Waals surface area contributed by atoms with E-state index in [1.54, 1.807) is 11.8 Å². The van der Waals surface area contributed by atoms with Crippen LogP contribution in [0.2, 0.25) is 0 Å². The third-order valence-corrected chi connectivity index (χ3v) is 3.52. The molecule has 0 unspecified atom stereocenters. The molecule has 20 heavy (non-hydrogen) atoms. The molecular weight excluding hydrogens is 250 g/mol. The predicted octanol–water partition coefficient (Wildman–Crippen LogP) is 3.89. The first-order valence-electron chi connectivity index (χ1n) is 7.34. The number of hydrogen-bond acceptors (Lipinski definition) is 2. The van der Waals surface area contributed by atoms with Gasteiger partial charge in [-0.15, -0.1) is 0 Å². The number of aryl methyl sites for hydroxylation is 1. The number of unbranched alkanes of at least 4 members (excludes halogenated alkanes) is 3. The Morgan fingerprint density at radius 3 is 2.20 bits per heavy atom. The Labute approximate surface area is 122 Å². The Hall–Kier alpha value is -1.64. The first-order chi connectivity index (χ1) is 9.52. The summed E-state index contributed by atoms with van der Waals surface area (Å²) in [6.45, 7) is 3.64. The third-order valence-electron chi connectivity index (χ3n) is 3.52. The van der Waals surface area contributed by atoms with E-state index in [2.05, 4.69) is 0 Å². The molecule has 1 rings (SSSR count). The van der Waals surface area contributed by atoms with Crippen LogP contribution >= 0.6 is 0 Å². The average molecular weight is 275 g/mol. The molecule has 1 aromatic rings. The Morgan fingerprint density at radius 1 is 1.00 bits per heavy atom. The van der Waals surface area contributed by atoms with Gasteiger partial charge in [0.15, 0.2) is 0 Å². The monoisotopic (exact) mass is 275 g/mol. The fraction of sp³-hybridized carbons (Fsp3) is 0.529. The van der Waals surface area contributed by atoms with Crippen LogP contribution in [0.1, 0.15) is 51.0 Å². The highest BCUT2D eigenvalue weighted by Gasteiger charge is 2.11. The maximum atomic E-state index is 12.1. The van der Waals surface area contributed by atoms with Gasteiger partial charge in [-0.2, -0.15) is 0 Å². The summed E-state index contributed by atoms with van der Waals surface area (Å²) in [5.41, 5.74) is 2.10. The Kier molecular flexibility index (Phi) is 6.99. The second-order valence-corrected chi connectivity index (χ2v) is 5.36. The molecule has 110 valence electrons. The van der Waals surface area contributed by atoms with Crippen molar-refractivity contribution in [2.45, 2.75) is 52.4 Å². The molecule has 0 heterocycles. The number of carbonyl (C=O) groups is 2. The normalized spacial score (nSPS) is 10.3. The molecule has 0 N–H and O–H groups in total. The van der Waals surface area contributed by atoms with Gasteiger partial charge in [0.05, 0.1) is 0 Å². The van der Waals surface area contributed by atoms with Crippen LogP contribution in [0.3, 0.4) is 0 Å². The van der Waals surface area contributed by atoms with Crippen molar-refractivity contribution >= 4 is 17.4 Å². The second kappa shape index (κ2) is 8.51. The molecule has 0 radical (unpaired) electrons. The Morgan fingerprint density at radius 2 is 1.60 bits per heavy atom. The summed E-state index contributed by atoms with van der Waals surface area (Å²) in [4.78, 5) is 24.7. The van der Waals surface area contributed by atoms with E-state index in [9.17, 15) is 9.59 Å². The average Bonchev–Trinajstić information content (AvgIpc) is 2.42. The number of para-hydroxylation sites is 1. The van der Waals surface area contributed by atoms with Gasteiger partial charge in [0.2, 0.25) is 5.91 Å². The van der Waals surface area contributed by atoms with Crippen LogP contribution in [0, 0.1) is 6.92 Å². The van der Waals surface area contributed by atoms with E-state index in [-0.39, 0.29) is 11.7 Å². The summed E-state index contributed by atoms with van der Waals surface area (Å²) >= 11 is 0. The first-order valence-corrected chi connectivity index (χ1v) is 7.34. The Balaban J connectivity index is 2.29. The van der Waals surface area contributed by atoms with Crippen molar-refractivity contribution in [2.24, 2.45) is 0 Å². The molecule has 0 saturated heterocycles. The predicted molar refractivity (Wildman–Crippen MR) is 83.0 cm³/mol. The van der Waals surface area contributed by atoms with Crippen molar-refractivity contribution in [3.05, 3.63) is 29.8 Å². The lowest BCUT2D eigenvalue weighted by molar-refractivity contribution is -0.119. The van der Waals surface area contributed by atoms with Crippen molar-refractivity contribution in [3.8, 4) is 0 Å². The minimum atomic E-state index is 0.158. The van der Waals surface area contributed by atoms with Gasteiger partial charge in [-0.25, -0.2) is 0 Å². The number of ketones is 1. The zero-order valence-electron chi connectivity index (χ0n) is 12.8. The molecule has 0 bridgehead atoms. The lowest BCUT2D eigenvalue weighted by Crippen LogP contribution is -2.26. The van der Waals surface area contributed by atoms with Crippen LogP contribution in [0.25, 0.3) is 0 Å². The molecule has 0 fully saturated rings. The molecule has 3 heteroatoms. The minimum absolute atomic E-state index is 0.158. The van der Waals surface area contributed by atoms with E-state index in [1.165, 1.54) is 0 Å². The van der Waals surface area contributed by atoms with Gasteiger partial charge in [-0.3, -0.25) is 4.79 Å². The van der Waals surface area contributed by atoms with Gasteiger partial charge in [0.25, 0.3) is 0 Å². The van der Waals surface area contributed by atoms with E-state index in [4.69, 9.17) is 0 Å². The number of hydrogen-bond donors (Lipinski definition) is 0. The van der Waals surface area contributed by atoms with Crippen molar-refractivity contribution in [1.82, 2.24) is 0 Å². The first kappa shape index (κ1) is 16.4. The lowest BCUT2D eigenvalue weighted by Gasteiger charge is -2.19. The topological polar surface area (TPSA) is 37.4 Å². The quantitative estimate of drug-likeness (QED) is 0.675. The molecule has 0 spiro atoms. The number of nitrogens with zero attached hydrogens (tertiary/aromatic N) is 1. The third kappa shape index (κ3) is 5.55. The summed E-state index contributed by atoms with van der Waals surface area (Å²) in [7, 11) is 1.83. The summed E-state index contributed by atoms with van der Waals surface area (Å²) in [5.74, 6) is 0.409. The molecule has 0 saturated carbocycles. The number of benzene rings is 1. The van der Waals surface area contributed by atoms with Gasteiger partial charge in [0.1, 0.15) is 5.78 Å². The number of amides is 1. The van der Waals surface area contributed by atoms with Crippen LogP contribution in [0.5, 0.6) is 0 Å². The van der Waals surface area contributed by atoms with Gasteiger partial charge in [-0.1, -0.05) is 31.0 Å². The van der Waals surface area contributed by atoms with E-state index < -0.39 is 0 Å². The summed E-state index contributed by atoms with van der Waals surface area (Å²) in [6, 6.07) is 7.92. The molecule has 1 amide bonds. The maximum Gasteiger partial charge on any atom is 0.226 e. The summed E-state index contributed by atoms with van der Waals surface area (Å²) in [6.07, 6.45) is 5.12. The largest absolute Gasteiger partial charge is 0.315 e. The number of carbonyl (C=O) groups excluding carboxylic acids is 2. The van der Waals surface area contributed by atoms with E-state index in [1.807, 2.05) is 38.2 Å². The highest BCUT2D eigenvalue weighted by Crippen LogP contribution is 2.19. The fourth-order valence-corrected chi connectivity index (χ4v) is 2.25. The number of rotatable bonds is 8. The minimum Gasteiger partial charge on any atom is -0.315 e. The molecule has 1 aromatic carbocycles. The van der Waals surface area contributed by atoms with Gasteiger partial charge >= 0.3 is 0 Å². The fourth-order valence-electron chi connectivity index (χ4n) is 2.25. The summed E-state index contributed by atoms with van der Waals surface area (Å²) in [5, 5.41) is 0. The van der Waals surface area contributed by atoms with Crippen LogP contribution < -0.4 is 4.90 Å². The van der Waals surface area contributed by atoms with Crippen LogP contribution in [-0.4, -0.2) is 18.7 Å². The maximum absolute atomic E-state index is 12.1. The number of Topliss-reactive ketones (excluding diaryl/α,β-unsaturated/α-hetero) is 1. The van der Waals surface area contributed by atoms with E-state index >= 15 is 0 Å². The second-order valence-electron chi connectivity index (χ2n) is 5.36. The summed E-state index contributed by atoms with van der Waals surface area (Å²) < 4.78 is 0. The molecule has 3 nitrogen and oxygen atoms in total. The van der Waals surface area contributed by atoms with Crippen LogP contribution in [0.15, 0.2) is 24.3 Å².